The van der Waals surface area contributed by atoms with Crippen LogP contribution in [0.25, 0.3) is 5.76 Å². The summed E-state index contributed by atoms with van der Waals surface area (Å²) in [5.41, 5.74) is 3.26. The van der Waals surface area contributed by atoms with E-state index in [1.165, 1.54) is 4.90 Å². The summed E-state index contributed by atoms with van der Waals surface area (Å²) in [6, 6.07) is 23.3. The highest BCUT2D eigenvalue weighted by atomic mass is 35.5. The van der Waals surface area contributed by atoms with Gasteiger partial charge >= 0.3 is 0 Å². The van der Waals surface area contributed by atoms with Crippen molar-refractivity contribution in [3.8, 4) is 0 Å². The summed E-state index contributed by atoms with van der Waals surface area (Å²) < 4.78 is 0. The SMILES string of the molecule is Cc1ccc(/C(O)=C2\C(=O)C(=O)N(CCc3ccccc3)[C@@H]2c2ccccc2Cl)cc1. The Kier molecular flexibility index (Phi) is 5.92. The molecule has 1 aliphatic rings. The van der Waals surface area contributed by atoms with Gasteiger partial charge in [0.15, 0.2) is 0 Å². The fourth-order valence-corrected chi connectivity index (χ4v) is 4.13. The number of aryl methyl sites for hydroxylation is 1. The number of aliphatic hydroxyl groups is 1. The van der Waals surface area contributed by atoms with Gasteiger partial charge < -0.3 is 10.0 Å². The van der Waals surface area contributed by atoms with E-state index in [9.17, 15) is 14.7 Å². The number of halogens is 1. The number of amides is 1. The minimum atomic E-state index is -0.751. The lowest BCUT2D eigenvalue weighted by molar-refractivity contribution is -0.139. The van der Waals surface area contributed by atoms with Gasteiger partial charge in [0, 0.05) is 17.1 Å². The highest BCUT2D eigenvalue weighted by Crippen LogP contribution is 2.41. The van der Waals surface area contributed by atoms with E-state index in [2.05, 4.69) is 0 Å². The van der Waals surface area contributed by atoms with Gasteiger partial charge in [-0.05, 0) is 30.5 Å². The first kappa shape index (κ1) is 20.9. The molecule has 0 radical (unpaired) electrons. The molecule has 4 rings (SSSR count). The summed E-state index contributed by atoms with van der Waals surface area (Å²) >= 11 is 6.47. The number of carbonyl (C=O) groups is 2. The van der Waals surface area contributed by atoms with Crippen molar-refractivity contribution >= 4 is 29.1 Å². The number of benzene rings is 3. The quantitative estimate of drug-likeness (QED) is 0.338. The van der Waals surface area contributed by atoms with Crippen molar-refractivity contribution in [1.29, 1.82) is 0 Å². The maximum absolute atomic E-state index is 13.1. The van der Waals surface area contributed by atoms with E-state index in [1.54, 1.807) is 30.3 Å². The summed E-state index contributed by atoms with van der Waals surface area (Å²) in [6.07, 6.45) is 0.583. The molecule has 0 aliphatic carbocycles. The monoisotopic (exact) mass is 431 g/mol. The second-order valence-corrected chi connectivity index (χ2v) is 8.02. The Hall–Kier alpha value is -3.37. The van der Waals surface area contributed by atoms with Gasteiger partial charge in [-0.25, -0.2) is 0 Å². The van der Waals surface area contributed by atoms with Crippen LogP contribution in [0.15, 0.2) is 84.4 Å². The molecule has 3 aromatic rings. The van der Waals surface area contributed by atoms with Crippen LogP contribution in [0.3, 0.4) is 0 Å². The number of carbonyl (C=O) groups excluding carboxylic acids is 2. The maximum atomic E-state index is 13.1. The molecular formula is C26H22ClNO3. The lowest BCUT2D eigenvalue weighted by Crippen LogP contribution is -2.31. The molecule has 0 spiro atoms. The van der Waals surface area contributed by atoms with Gasteiger partial charge in [-0.15, -0.1) is 0 Å². The molecule has 156 valence electrons. The summed E-state index contributed by atoms with van der Waals surface area (Å²) in [7, 11) is 0. The molecule has 1 N–H and O–H groups in total. The number of Topliss-reactive ketones (excluding diaryl/α,β-unsaturated/α-hetero) is 1. The molecule has 1 saturated heterocycles. The minimum Gasteiger partial charge on any atom is -0.507 e. The zero-order chi connectivity index (χ0) is 22.0. The molecular weight excluding hydrogens is 410 g/mol. The normalized spacial score (nSPS) is 17.9. The average molecular weight is 432 g/mol. The standard InChI is InChI=1S/C26H22ClNO3/c1-17-11-13-19(14-12-17)24(29)22-23(20-9-5-6-10-21(20)27)28(26(31)25(22)30)16-15-18-7-3-2-4-8-18/h2-14,23,29H,15-16H2,1H3/b24-22+/t23-/m1/s1. The highest BCUT2D eigenvalue weighted by molar-refractivity contribution is 6.47. The largest absolute Gasteiger partial charge is 0.507 e. The lowest BCUT2D eigenvalue weighted by Gasteiger charge is -2.26. The van der Waals surface area contributed by atoms with Crippen molar-refractivity contribution in [3.63, 3.8) is 0 Å². The molecule has 3 aromatic carbocycles. The predicted molar refractivity (Wildman–Crippen MR) is 122 cm³/mol. The van der Waals surface area contributed by atoms with E-state index < -0.39 is 17.7 Å². The van der Waals surface area contributed by atoms with Crippen molar-refractivity contribution < 1.29 is 14.7 Å². The first-order chi connectivity index (χ1) is 15.0. The van der Waals surface area contributed by atoms with Crippen molar-refractivity contribution in [2.45, 2.75) is 19.4 Å². The molecule has 1 aliphatic heterocycles. The van der Waals surface area contributed by atoms with E-state index >= 15 is 0 Å². The molecule has 31 heavy (non-hydrogen) atoms. The molecule has 4 nitrogen and oxygen atoms in total. The Morgan fingerprint density at radius 3 is 2.26 bits per heavy atom. The van der Waals surface area contributed by atoms with Gasteiger partial charge in [-0.3, -0.25) is 9.59 Å². The van der Waals surface area contributed by atoms with Gasteiger partial charge in [0.05, 0.1) is 11.6 Å². The molecule has 1 fully saturated rings. The smallest absolute Gasteiger partial charge is 0.295 e. The molecule has 0 saturated carbocycles. The molecule has 5 heteroatoms. The van der Waals surface area contributed by atoms with Crippen LogP contribution < -0.4 is 0 Å². The van der Waals surface area contributed by atoms with Gasteiger partial charge in [-0.2, -0.15) is 0 Å². The van der Waals surface area contributed by atoms with Gasteiger partial charge in [0.2, 0.25) is 0 Å². The van der Waals surface area contributed by atoms with Crippen molar-refractivity contribution in [2.24, 2.45) is 0 Å². The second kappa shape index (κ2) is 8.78. The molecule has 0 aromatic heterocycles. The topological polar surface area (TPSA) is 57.6 Å². The van der Waals surface area contributed by atoms with E-state index in [1.807, 2.05) is 55.5 Å². The summed E-state index contributed by atoms with van der Waals surface area (Å²) in [5.74, 6) is -1.52. The highest BCUT2D eigenvalue weighted by Gasteiger charge is 2.46. The summed E-state index contributed by atoms with van der Waals surface area (Å²) in [6.45, 7) is 2.27. The number of nitrogens with zero attached hydrogens (tertiary/aromatic N) is 1. The van der Waals surface area contributed by atoms with Crippen molar-refractivity contribution in [1.82, 2.24) is 4.90 Å². The van der Waals surface area contributed by atoms with Gasteiger partial charge in [-0.1, -0.05) is 90.0 Å². The van der Waals surface area contributed by atoms with Gasteiger partial charge in [0.1, 0.15) is 5.76 Å². The fraction of sp³-hybridized carbons (Fsp3) is 0.154. The van der Waals surface area contributed by atoms with E-state index in [0.29, 0.717) is 29.1 Å². The average Bonchev–Trinajstić information content (AvgIpc) is 3.03. The number of likely N-dealkylation sites (tertiary alicyclic amines) is 1. The minimum absolute atomic E-state index is 0.0648. The number of rotatable bonds is 5. The Morgan fingerprint density at radius 1 is 0.935 bits per heavy atom. The number of aliphatic hydroxyl groups excluding tert-OH is 1. The van der Waals surface area contributed by atoms with E-state index in [-0.39, 0.29) is 11.3 Å². The van der Waals surface area contributed by atoms with Crippen LogP contribution in [0.5, 0.6) is 0 Å². The second-order valence-electron chi connectivity index (χ2n) is 7.62. The van der Waals surface area contributed by atoms with Crippen molar-refractivity contribution in [2.75, 3.05) is 6.54 Å². The lowest BCUT2D eigenvalue weighted by atomic mass is 9.95. The first-order valence-corrected chi connectivity index (χ1v) is 10.5. The Labute approximate surface area is 186 Å². The van der Waals surface area contributed by atoms with Crippen LogP contribution in [0.2, 0.25) is 5.02 Å². The zero-order valence-corrected chi connectivity index (χ0v) is 17.8. The van der Waals surface area contributed by atoms with Crippen LogP contribution in [-0.2, 0) is 16.0 Å². The number of hydrogen-bond donors (Lipinski definition) is 1. The van der Waals surface area contributed by atoms with Crippen molar-refractivity contribution in [3.05, 3.63) is 112 Å². The zero-order valence-electron chi connectivity index (χ0n) is 17.1. The Bertz CT molecular complexity index is 1150. The third kappa shape index (κ3) is 4.12. The molecule has 0 unspecified atom stereocenters. The van der Waals surface area contributed by atoms with Crippen LogP contribution >= 0.6 is 11.6 Å². The van der Waals surface area contributed by atoms with Crippen LogP contribution in [0.4, 0.5) is 0 Å². The third-order valence-electron chi connectivity index (χ3n) is 5.55. The third-order valence-corrected chi connectivity index (χ3v) is 5.89. The van der Waals surface area contributed by atoms with Crippen LogP contribution in [-0.4, -0.2) is 28.2 Å². The van der Waals surface area contributed by atoms with E-state index in [0.717, 1.165) is 11.1 Å². The maximum Gasteiger partial charge on any atom is 0.295 e. The number of ketones is 1. The van der Waals surface area contributed by atoms with Crippen LogP contribution in [0, 0.1) is 6.92 Å². The predicted octanol–water partition coefficient (Wildman–Crippen LogP) is 5.31. The van der Waals surface area contributed by atoms with Crippen LogP contribution in [0.1, 0.15) is 28.3 Å². The molecule has 1 atom stereocenters. The van der Waals surface area contributed by atoms with E-state index in [4.69, 9.17) is 11.6 Å². The first-order valence-electron chi connectivity index (χ1n) is 10.1. The summed E-state index contributed by atoms with van der Waals surface area (Å²) in [4.78, 5) is 27.6. The molecule has 0 bridgehead atoms. The fourth-order valence-electron chi connectivity index (χ4n) is 3.89. The Morgan fingerprint density at radius 2 is 1.58 bits per heavy atom. The Balaban J connectivity index is 1.80. The number of hydrogen-bond acceptors (Lipinski definition) is 3. The molecule has 1 amide bonds. The molecule has 1 heterocycles. The van der Waals surface area contributed by atoms with Gasteiger partial charge in [0.25, 0.3) is 11.7 Å². The summed E-state index contributed by atoms with van der Waals surface area (Å²) in [5, 5.41) is 11.5.